The molecule has 0 aliphatic carbocycles. The zero-order valence-electron chi connectivity index (χ0n) is 22.4. The molecular weight excluding hydrogens is 514 g/mol. The van der Waals surface area contributed by atoms with E-state index in [1.807, 2.05) is 66.9 Å². The summed E-state index contributed by atoms with van der Waals surface area (Å²) in [7, 11) is 0. The lowest BCUT2D eigenvalue weighted by Crippen LogP contribution is -2.00. The first-order valence-electron chi connectivity index (χ1n) is 13.7. The SMILES string of the molecule is N#Cc1ccc(-c2cc(-n3c4ccccc4c4cc(C#N)ccc43)cc(-n3c4ccccc4c4cccnc43)c2)cc1. The van der Waals surface area contributed by atoms with Crippen LogP contribution in [0.25, 0.3) is 66.2 Å². The first-order chi connectivity index (χ1) is 20.7. The van der Waals surface area contributed by atoms with Crippen LogP contribution >= 0.6 is 0 Å². The van der Waals surface area contributed by atoms with Crippen LogP contribution in [0.1, 0.15) is 11.1 Å². The fraction of sp³-hybridized carbons (Fsp3) is 0. The molecule has 3 aromatic heterocycles. The van der Waals surface area contributed by atoms with E-state index in [0.717, 1.165) is 66.2 Å². The van der Waals surface area contributed by atoms with Gasteiger partial charge in [0.2, 0.25) is 0 Å². The molecule has 5 aromatic carbocycles. The number of benzene rings is 5. The van der Waals surface area contributed by atoms with E-state index in [9.17, 15) is 10.5 Å². The van der Waals surface area contributed by atoms with Gasteiger partial charge in [-0.15, -0.1) is 0 Å². The average molecular weight is 536 g/mol. The summed E-state index contributed by atoms with van der Waals surface area (Å²) < 4.78 is 4.49. The Bertz CT molecular complexity index is 2380. The molecular formula is C37H21N5. The number of aromatic nitrogens is 3. The Kier molecular flexibility index (Phi) is 5.19. The van der Waals surface area contributed by atoms with E-state index in [4.69, 9.17) is 4.98 Å². The van der Waals surface area contributed by atoms with Gasteiger partial charge < -0.3 is 4.57 Å². The normalized spacial score (nSPS) is 11.3. The highest BCUT2D eigenvalue weighted by molar-refractivity contribution is 6.10. The molecule has 8 rings (SSSR count). The van der Waals surface area contributed by atoms with Gasteiger partial charge >= 0.3 is 0 Å². The summed E-state index contributed by atoms with van der Waals surface area (Å²) in [5.74, 6) is 0. The molecule has 0 atom stereocenters. The van der Waals surface area contributed by atoms with Crippen molar-refractivity contribution in [1.82, 2.24) is 14.1 Å². The van der Waals surface area contributed by atoms with Crippen molar-refractivity contribution in [2.45, 2.75) is 0 Å². The molecule has 0 spiro atoms. The van der Waals surface area contributed by atoms with Gasteiger partial charge in [0.15, 0.2) is 0 Å². The topological polar surface area (TPSA) is 70.3 Å². The molecule has 0 amide bonds. The summed E-state index contributed by atoms with van der Waals surface area (Å²) in [4.78, 5) is 4.82. The third-order valence-corrected chi connectivity index (χ3v) is 8.00. The number of nitriles is 2. The van der Waals surface area contributed by atoms with Crippen molar-refractivity contribution < 1.29 is 0 Å². The largest absolute Gasteiger partial charge is 0.309 e. The number of nitrogens with zero attached hydrogens (tertiary/aromatic N) is 5. The summed E-state index contributed by atoms with van der Waals surface area (Å²) in [6.07, 6.45) is 1.84. The minimum Gasteiger partial charge on any atom is -0.309 e. The van der Waals surface area contributed by atoms with Crippen LogP contribution in [0, 0.1) is 22.7 Å². The summed E-state index contributed by atoms with van der Waals surface area (Å²) in [5.41, 5.74) is 9.32. The highest BCUT2D eigenvalue weighted by atomic mass is 15.1. The number of fused-ring (bicyclic) bond motifs is 6. The van der Waals surface area contributed by atoms with E-state index in [1.165, 1.54) is 0 Å². The van der Waals surface area contributed by atoms with Crippen LogP contribution in [-0.2, 0) is 0 Å². The Balaban J connectivity index is 1.49. The Morgan fingerprint density at radius 3 is 1.81 bits per heavy atom. The van der Waals surface area contributed by atoms with Gasteiger partial charge in [-0.1, -0.05) is 48.5 Å². The van der Waals surface area contributed by atoms with Gasteiger partial charge in [0.1, 0.15) is 5.65 Å². The van der Waals surface area contributed by atoms with E-state index >= 15 is 0 Å². The molecule has 8 aromatic rings. The third kappa shape index (κ3) is 3.52. The number of para-hydroxylation sites is 2. The Labute approximate surface area is 241 Å². The van der Waals surface area contributed by atoms with Crippen molar-refractivity contribution in [2.24, 2.45) is 0 Å². The monoisotopic (exact) mass is 535 g/mol. The van der Waals surface area contributed by atoms with Crippen LogP contribution in [-0.4, -0.2) is 14.1 Å². The van der Waals surface area contributed by atoms with Gasteiger partial charge in [-0.3, -0.25) is 4.57 Å². The molecule has 0 radical (unpaired) electrons. The van der Waals surface area contributed by atoms with Gasteiger partial charge in [-0.25, -0.2) is 4.98 Å². The van der Waals surface area contributed by atoms with Crippen molar-refractivity contribution in [3.8, 4) is 34.6 Å². The van der Waals surface area contributed by atoms with Crippen molar-refractivity contribution in [3.63, 3.8) is 0 Å². The molecule has 42 heavy (non-hydrogen) atoms. The maximum Gasteiger partial charge on any atom is 0.145 e. The lowest BCUT2D eigenvalue weighted by Gasteiger charge is -2.15. The first-order valence-corrected chi connectivity index (χ1v) is 13.7. The summed E-state index contributed by atoms with van der Waals surface area (Å²) in [5, 5.41) is 23.4. The second-order valence-electron chi connectivity index (χ2n) is 10.4. The predicted octanol–water partition coefficient (Wildman–Crippen LogP) is 8.69. The van der Waals surface area contributed by atoms with E-state index in [1.54, 1.807) is 0 Å². The molecule has 0 saturated carbocycles. The van der Waals surface area contributed by atoms with E-state index in [2.05, 4.69) is 81.9 Å². The molecule has 0 fully saturated rings. The van der Waals surface area contributed by atoms with Crippen molar-refractivity contribution in [3.05, 3.63) is 139 Å². The minimum atomic E-state index is 0.623. The molecule has 0 bridgehead atoms. The molecule has 0 unspecified atom stereocenters. The van der Waals surface area contributed by atoms with Gasteiger partial charge in [0.05, 0.1) is 45.5 Å². The van der Waals surface area contributed by atoms with Gasteiger partial charge in [-0.05, 0) is 83.9 Å². The summed E-state index contributed by atoms with van der Waals surface area (Å²) >= 11 is 0. The average Bonchev–Trinajstić information content (AvgIpc) is 3.57. The number of pyridine rings is 1. The summed E-state index contributed by atoms with van der Waals surface area (Å²) in [6.45, 7) is 0. The lowest BCUT2D eigenvalue weighted by atomic mass is 10.0. The molecule has 0 N–H and O–H groups in total. The van der Waals surface area contributed by atoms with E-state index in [-0.39, 0.29) is 0 Å². The lowest BCUT2D eigenvalue weighted by molar-refractivity contribution is 1.11. The van der Waals surface area contributed by atoms with Crippen molar-refractivity contribution in [1.29, 1.82) is 10.5 Å². The quantitative estimate of drug-likeness (QED) is 0.227. The predicted molar refractivity (Wildman–Crippen MR) is 168 cm³/mol. The third-order valence-electron chi connectivity index (χ3n) is 8.00. The van der Waals surface area contributed by atoms with Crippen LogP contribution in [0.2, 0.25) is 0 Å². The van der Waals surface area contributed by atoms with E-state index < -0.39 is 0 Å². The Hall–Kier alpha value is -6.17. The fourth-order valence-electron chi connectivity index (χ4n) is 6.14. The van der Waals surface area contributed by atoms with Crippen LogP contribution < -0.4 is 0 Å². The van der Waals surface area contributed by atoms with Crippen molar-refractivity contribution in [2.75, 3.05) is 0 Å². The standard InChI is InChI=1S/C37H21N5/c38-22-24-11-14-26(15-12-24)27-19-28(41-34-9-3-2-7-31(34)33-18-25(23-39)13-16-36(33)41)21-29(20-27)42-35-10-4-1-6-30(35)32-8-5-17-40-37(32)42/h1-21H. The highest BCUT2D eigenvalue weighted by Gasteiger charge is 2.18. The molecule has 194 valence electrons. The maximum atomic E-state index is 9.62. The van der Waals surface area contributed by atoms with Gasteiger partial charge in [0.25, 0.3) is 0 Å². The smallest absolute Gasteiger partial charge is 0.145 e. The van der Waals surface area contributed by atoms with Crippen LogP contribution in [0.4, 0.5) is 0 Å². The van der Waals surface area contributed by atoms with Crippen molar-refractivity contribution >= 4 is 43.7 Å². The maximum absolute atomic E-state index is 9.62. The Morgan fingerprint density at radius 1 is 0.476 bits per heavy atom. The Morgan fingerprint density at radius 2 is 1.07 bits per heavy atom. The van der Waals surface area contributed by atoms with E-state index in [0.29, 0.717) is 11.1 Å². The summed E-state index contributed by atoms with van der Waals surface area (Å²) in [6, 6.07) is 45.5. The second-order valence-corrected chi connectivity index (χ2v) is 10.4. The second kappa shape index (κ2) is 9.20. The zero-order chi connectivity index (χ0) is 28.2. The number of rotatable bonds is 3. The molecule has 0 aliphatic heterocycles. The van der Waals surface area contributed by atoms with Crippen LogP contribution in [0.3, 0.4) is 0 Å². The first kappa shape index (κ1) is 23.7. The number of hydrogen-bond acceptors (Lipinski definition) is 3. The molecule has 3 heterocycles. The fourth-order valence-corrected chi connectivity index (χ4v) is 6.14. The minimum absolute atomic E-state index is 0.623. The molecule has 5 nitrogen and oxygen atoms in total. The molecule has 0 saturated heterocycles. The van der Waals surface area contributed by atoms with Crippen LogP contribution in [0.5, 0.6) is 0 Å². The van der Waals surface area contributed by atoms with Gasteiger partial charge in [-0.2, -0.15) is 10.5 Å². The van der Waals surface area contributed by atoms with Crippen LogP contribution in [0.15, 0.2) is 128 Å². The van der Waals surface area contributed by atoms with Gasteiger partial charge in [0, 0.05) is 33.4 Å². The zero-order valence-corrected chi connectivity index (χ0v) is 22.4. The molecule has 5 heteroatoms. The molecule has 0 aliphatic rings. The highest BCUT2D eigenvalue weighted by Crippen LogP contribution is 2.37. The number of hydrogen-bond donors (Lipinski definition) is 0.